The number of nitrogens with one attached hydrogen (secondary N) is 1. The van der Waals surface area contributed by atoms with E-state index in [0.29, 0.717) is 30.9 Å². The SMILES string of the molecule is CCN(CC)S(=O)(=O)c1cccc(NC(=O)CN(C)Cc2ccc(OC)c(F)c2)c1. The summed E-state index contributed by atoms with van der Waals surface area (Å²) in [5, 5.41) is 2.72. The standard InChI is InChI=1S/C21H28FN3O4S/c1-5-25(6-2)30(27,28)18-9-7-8-17(13-18)23-21(26)15-24(3)14-16-10-11-20(29-4)19(22)12-16/h7-13H,5-6,14-15H2,1-4H3,(H,23,26). The lowest BCUT2D eigenvalue weighted by Crippen LogP contribution is -2.31. The van der Waals surface area contributed by atoms with Crippen LogP contribution in [0.3, 0.4) is 0 Å². The Hall–Kier alpha value is -2.49. The maximum atomic E-state index is 13.8. The Kier molecular flexibility index (Phi) is 8.33. The summed E-state index contributed by atoms with van der Waals surface area (Å²) in [7, 11) is -0.469. The number of nitrogens with zero attached hydrogens (tertiary/aromatic N) is 2. The zero-order valence-electron chi connectivity index (χ0n) is 17.7. The Labute approximate surface area is 177 Å². The second-order valence-corrected chi connectivity index (χ2v) is 8.74. The normalized spacial score (nSPS) is 11.7. The molecule has 164 valence electrons. The number of sulfonamides is 1. The van der Waals surface area contributed by atoms with Gasteiger partial charge in [-0.15, -0.1) is 0 Å². The number of rotatable bonds is 10. The molecule has 7 nitrogen and oxygen atoms in total. The first kappa shape index (κ1) is 23.8. The minimum absolute atomic E-state index is 0.0562. The maximum absolute atomic E-state index is 13.8. The number of carbonyl (C=O) groups is 1. The highest BCUT2D eigenvalue weighted by molar-refractivity contribution is 7.89. The van der Waals surface area contributed by atoms with Crippen molar-refractivity contribution in [3.05, 3.63) is 53.8 Å². The summed E-state index contributed by atoms with van der Waals surface area (Å²) >= 11 is 0. The third-order valence-electron chi connectivity index (χ3n) is 4.54. The topological polar surface area (TPSA) is 79.0 Å². The predicted molar refractivity (Wildman–Crippen MR) is 114 cm³/mol. The molecule has 9 heteroatoms. The molecule has 2 aromatic carbocycles. The quantitative estimate of drug-likeness (QED) is 0.618. The largest absolute Gasteiger partial charge is 0.494 e. The van der Waals surface area contributed by atoms with E-state index >= 15 is 0 Å². The molecule has 0 atom stereocenters. The van der Waals surface area contributed by atoms with Crippen LogP contribution < -0.4 is 10.1 Å². The van der Waals surface area contributed by atoms with Gasteiger partial charge < -0.3 is 10.1 Å². The summed E-state index contributed by atoms with van der Waals surface area (Å²) < 4.78 is 45.4. The molecule has 0 aromatic heterocycles. The third-order valence-corrected chi connectivity index (χ3v) is 6.59. The predicted octanol–water partition coefficient (Wildman–Crippen LogP) is 2.94. The molecule has 2 rings (SSSR count). The van der Waals surface area contributed by atoms with Crippen molar-refractivity contribution in [2.45, 2.75) is 25.3 Å². The first-order chi connectivity index (χ1) is 14.2. The highest BCUT2D eigenvalue weighted by atomic mass is 32.2. The first-order valence-electron chi connectivity index (χ1n) is 9.62. The molecule has 2 aromatic rings. The highest BCUT2D eigenvalue weighted by Crippen LogP contribution is 2.20. The molecule has 30 heavy (non-hydrogen) atoms. The molecule has 0 radical (unpaired) electrons. The summed E-state index contributed by atoms with van der Waals surface area (Å²) in [6.07, 6.45) is 0. The molecule has 0 saturated carbocycles. The van der Waals surface area contributed by atoms with Crippen molar-refractivity contribution >= 4 is 21.6 Å². The average Bonchev–Trinajstić information content (AvgIpc) is 2.68. The van der Waals surface area contributed by atoms with Gasteiger partial charge in [-0.2, -0.15) is 4.31 Å². The Bertz CT molecular complexity index is 978. The molecular weight excluding hydrogens is 409 g/mol. The summed E-state index contributed by atoms with van der Waals surface area (Å²) in [4.78, 5) is 14.2. The number of anilines is 1. The van der Waals surface area contributed by atoms with E-state index in [1.165, 1.54) is 29.6 Å². The zero-order valence-corrected chi connectivity index (χ0v) is 18.5. The van der Waals surface area contributed by atoms with Crippen LogP contribution >= 0.6 is 0 Å². The number of hydrogen-bond acceptors (Lipinski definition) is 5. The minimum atomic E-state index is -3.61. The van der Waals surface area contributed by atoms with Gasteiger partial charge in [-0.25, -0.2) is 12.8 Å². The molecular formula is C21H28FN3O4S. The summed E-state index contributed by atoms with van der Waals surface area (Å²) in [6, 6.07) is 10.8. The number of likely N-dealkylation sites (N-methyl/N-ethyl adjacent to an activating group) is 1. The third kappa shape index (κ3) is 6.01. The molecule has 0 fully saturated rings. The second kappa shape index (κ2) is 10.5. The molecule has 0 heterocycles. The van der Waals surface area contributed by atoms with Crippen molar-refractivity contribution in [3.63, 3.8) is 0 Å². The van der Waals surface area contributed by atoms with Crippen molar-refractivity contribution in [2.75, 3.05) is 39.1 Å². The van der Waals surface area contributed by atoms with Crippen LogP contribution in [0.25, 0.3) is 0 Å². The van der Waals surface area contributed by atoms with Crippen LogP contribution in [0.4, 0.5) is 10.1 Å². The molecule has 0 aliphatic heterocycles. The van der Waals surface area contributed by atoms with Crippen LogP contribution in [-0.4, -0.2) is 57.3 Å². The second-order valence-electron chi connectivity index (χ2n) is 6.81. The van der Waals surface area contributed by atoms with E-state index in [9.17, 15) is 17.6 Å². The molecule has 0 aliphatic carbocycles. The van der Waals surface area contributed by atoms with Crippen molar-refractivity contribution in [3.8, 4) is 5.75 Å². The molecule has 0 saturated heterocycles. The number of benzene rings is 2. The lowest BCUT2D eigenvalue weighted by atomic mass is 10.2. The summed E-state index contributed by atoms with van der Waals surface area (Å²) in [5.74, 6) is -0.596. The fourth-order valence-electron chi connectivity index (χ4n) is 3.07. The average molecular weight is 438 g/mol. The number of carbonyl (C=O) groups excluding carboxylic acids is 1. The van der Waals surface area contributed by atoms with Crippen LogP contribution in [0, 0.1) is 5.82 Å². The van der Waals surface area contributed by atoms with E-state index in [4.69, 9.17) is 4.74 Å². The molecule has 0 aliphatic rings. The Morgan fingerprint density at radius 1 is 1.13 bits per heavy atom. The van der Waals surface area contributed by atoms with Gasteiger partial charge in [0, 0.05) is 25.3 Å². The maximum Gasteiger partial charge on any atom is 0.243 e. The molecule has 0 spiro atoms. The van der Waals surface area contributed by atoms with E-state index in [0.717, 1.165) is 0 Å². The van der Waals surface area contributed by atoms with Crippen LogP contribution in [0.15, 0.2) is 47.4 Å². The van der Waals surface area contributed by atoms with Gasteiger partial charge in [0.05, 0.1) is 18.6 Å². The monoisotopic (exact) mass is 437 g/mol. The lowest BCUT2D eigenvalue weighted by molar-refractivity contribution is -0.117. The number of hydrogen-bond donors (Lipinski definition) is 1. The van der Waals surface area contributed by atoms with Gasteiger partial charge in [-0.05, 0) is 42.9 Å². The number of ether oxygens (including phenoxy) is 1. The number of amides is 1. The first-order valence-corrected chi connectivity index (χ1v) is 11.1. The van der Waals surface area contributed by atoms with Gasteiger partial charge in [0.15, 0.2) is 11.6 Å². The van der Waals surface area contributed by atoms with Crippen LogP contribution in [-0.2, 0) is 21.4 Å². The van der Waals surface area contributed by atoms with Crippen molar-refractivity contribution < 1.29 is 22.3 Å². The van der Waals surface area contributed by atoms with Gasteiger partial charge in [0.25, 0.3) is 0 Å². The Morgan fingerprint density at radius 3 is 2.43 bits per heavy atom. The summed E-state index contributed by atoms with van der Waals surface area (Å²) in [6.45, 7) is 4.71. The fraction of sp³-hybridized carbons (Fsp3) is 0.381. The van der Waals surface area contributed by atoms with Crippen molar-refractivity contribution in [2.24, 2.45) is 0 Å². The molecule has 0 unspecified atom stereocenters. The number of halogens is 1. The smallest absolute Gasteiger partial charge is 0.243 e. The van der Waals surface area contributed by atoms with Gasteiger partial charge in [0.1, 0.15) is 0 Å². The molecule has 1 N–H and O–H groups in total. The van der Waals surface area contributed by atoms with Gasteiger partial charge in [-0.3, -0.25) is 9.69 Å². The van der Waals surface area contributed by atoms with E-state index in [-0.39, 0.29) is 23.1 Å². The van der Waals surface area contributed by atoms with Crippen LogP contribution in [0.1, 0.15) is 19.4 Å². The highest BCUT2D eigenvalue weighted by Gasteiger charge is 2.22. The lowest BCUT2D eigenvalue weighted by Gasteiger charge is -2.19. The Balaban J connectivity index is 2.02. The molecule has 0 bridgehead atoms. The van der Waals surface area contributed by atoms with E-state index < -0.39 is 15.8 Å². The minimum Gasteiger partial charge on any atom is -0.494 e. The van der Waals surface area contributed by atoms with Crippen molar-refractivity contribution in [1.29, 1.82) is 0 Å². The zero-order chi connectivity index (χ0) is 22.3. The van der Waals surface area contributed by atoms with E-state index in [1.807, 2.05) is 0 Å². The van der Waals surface area contributed by atoms with Crippen LogP contribution in [0.2, 0.25) is 0 Å². The van der Waals surface area contributed by atoms with E-state index in [1.54, 1.807) is 50.1 Å². The molecule has 1 amide bonds. The van der Waals surface area contributed by atoms with Gasteiger partial charge >= 0.3 is 0 Å². The fourth-order valence-corrected chi connectivity index (χ4v) is 4.57. The number of methoxy groups -OCH3 is 1. The summed E-state index contributed by atoms with van der Waals surface area (Å²) in [5.41, 5.74) is 1.10. The van der Waals surface area contributed by atoms with Gasteiger partial charge in [0.2, 0.25) is 15.9 Å². The van der Waals surface area contributed by atoms with Gasteiger partial charge in [-0.1, -0.05) is 26.0 Å². The van der Waals surface area contributed by atoms with E-state index in [2.05, 4.69) is 5.32 Å². The van der Waals surface area contributed by atoms with Crippen molar-refractivity contribution in [1.82, 2.24) is 9.21 Å². The Morgan fingerprint density at radius 2 is 1.83 bits per heavy atom. The van der Waals surface area contributed by atoms with Crippen LogP contribution in [0.5, 0.6) is 5.75 Å².